The van der Waals surface area contributed by atoms with E-state index in [1.165, 1.54) is 6.92 Å². The summed E-state index contributed by atoms with van der Waals surface area (Å²) in [5.74, 6) is -0.337. The Balaban J connectivity index is 1.90. The highest BCUT2D eigenvalue weighted by atomic mass is 31.2. The maximum Gasteiger partial charge on any atom is 0.343 e. The van der Waals surface area contributed by atoms with Gasteiger partial charge in [0.1, 0.15) is 11.4 Å². The van der Waals surface area contributed by atoms with Crippen molar-refractivity contribution in [1.29, 1.82) is 0 Å². The number of benzene rings is 3. The predicted octanol–water partition coefficient (Wildman–Crippen LogP) is 5.27. The Morgan fingerprint density at radius 3 is 1.60 bits per heavy atom. The third kappa shape index (κ3) is 5.74. The fraction of sp³-hybridized carbons (Fsp3) is 0.208. The van der Waals surface area contributed by atoms with Gasteiger partial charge in [-0.05, 0) is 23.6 Å². The molecule has 0 aliphatic carbocycles. The predicted molar refractivity (Wildman–Crippen MR) is 118 cm³/mol. The van der Waals surface area contributed by atoms with Gasteiger partial charge in [-0.15, -0.1) is 0 Å². The number of carbonyl (C=O) groups excluding carboxylic acids is 1. The molecule has 30 heavy (non-hydrogen) atoms. The summed E-state index contributed by atoms with van der Waals surface area (Å²) in [5.41, 5.74) is 7.65. The first-order valence-corrected chi connectivity index (χ1v) is 11.4. The first-order valence-electron chi connectivity index (χ1n) is 9.77. The minimum absolute atomic E-state index is 0.0538. The van der Waals surface area contributed by atoms with Crippen LogP contribution in [-0.2, 0) is 31.6 Å². The van der Waals surface area contributed by atoms with E-state index >= 15 is 0 Å². The van der Waals surface area contributed by atoms with Crippen LogP contribution in [0.4, 0.5) is 0 Å². The molecule has 0 spiro atoms. The molecule has 0 aliphatic rings. The topological polar surface area (TPSA) is 78.6 Å². The molecular weight excluding hydrogens is 397 g/mol. The Kier molecular flexibility index (Phi) is 7.72. The lowest BCUT2D eigenvalue weighted by Gasteiger charge is -2.29. The number of hydrogen-bond acceptors (Lipinski definition) is 5. The van der Waals surface area contributed by atoms with Gasteiger partial charge in [0.2, 0.25) is 0 Å². The molecular formula is C24H26NO4P. The van der Waals surface area contributed by atoms with Crippen LogP contribution >= 0.6 is 7.60 Å². The minimum Gasteiger partial charge on any atom is -0.323 e. The Morgan fingerprint density at radius 2 is 1.20 bits per heavy atom. The maximum atomic E-state index is 14.0. The van der Waals surface area contributed by atoms with E-state index in [1.54, 1.807) is 12.1 Å². The zero-order valence-electron chi connectivity index (χ0n) is 16.9. The van der Waals surface area contributed by atoms with Gasteiger partial charge in [0.05, 0.1) is 19.3 Å². The van der Waals surface area contributed by atoms with Crippen LogP contribution in [0.2, 0.25) is 0 Å². The van der Waals surface area contributed by atoms with Gasteiger partial charge in [-0.2, -0.15) is 0 Å². The summed E-state index contributed by atoms with van der Waals surface area (Å²) in [6, 6.07) is 27.0. The van der Waals surface area contributed by atoms with Gasteiger partial charge in [-0.25, -0.2) is 0 Å². The molecule has 0 heterocycles. The second-order valence-corrected chi connectivity index (χ2v) is 9.20. The van der Waals surface area contributed by atoms with E-state index in [2.05, 4.69) is 0 Å². The summed E-state index contributed by atoms with van der Waals surface area (Å²) in [6.07, 6.45) is 0. The van der Waals surface area contributed by atoms with Crippen molar-refractivity contribution in [3.8, 4) is 0 Å². The molecule has 0 aliphatic heterocycles. The molecule has 0 aromatic heterocycles. The van der Waals surface area contributed by atoms with Crippen LogP contribution in [0.25, 0.3) is 0 Å². The molecule has 0 radical (unpaired) electrons. The SMILES string of the molecule is CC(=O)C(C(N)c1ccccc1)P(=O)(OCc1ccccc1)OCc1ccccc1. The summed E-state index contributed by atoms with van der Waals surface area (Å²) in [5, 5.41) is 0. The van der Waals surface area contributed by atoms with E-state index in [1.807, 2.05) is 78.9 Å². The Labute approximate surface area is 177 Å². The second-order valence-electron chi connectivity index (χ2n) is 7.05. The number of rotatable bonds is 10. The smallest absolute Gasteiger partial charge is 0.323 e. The van der Waals surface area contributed by atoms with E-state index in [-0.39, 0.29) is 19.0 Å². The van der Waals surface area contributed by atoms with Gasteiger partial charge in [0.25, 0.3) is 0 Å². The lowest BCUT2D eigenvalue weighted by Crippen LogP contribution is -2.33. The van der Waals surface area contributed by atoms with Crippen molar-refractivity contribution in [2.24, 2.45) is 5.73 Å². The molecule has 0 fully saturated rings. The zero-order valence-corrected chi connectivity index (χ0v) is 17.8. The van der Waals surface area contributed by atoms with Crippen molar-refractivity contribution < 1.29 is 18.4 Å². The number of nitrogens with two attached hydrogens (primary N) is 1. The maximum absolute atomic E-state index is 14.0. The molecule has 0 saturated carbocycles. The molecule has 0 bridgehead atoms. The molecule has 3 aromatic rings. The van der Waals surface area contributed by atoms with Gasteiger partial charge in [0.15, 0.2) is 0 Å². The Hall–Kier alpha value is -2.56. The van der Waals surface area contributed by atoms with Crippen LogP contribution < -0.4 is 5.73 Å². The fourth-order valence-corrected chi connectivity index (χ4v) is 5.27. The van der Waals surface area contributed by atoms with E-state index in [4.69, 9.17) is 14.8 Å². The van der Waals surface area contributed by atoms with Crippen LogP contribution in [0.3, 0.4) is 0 Å². The highest BCUT2D eigenvalue weighted by Crippen LogP contribution is 2.57. The van der Waals surface area contributed by atoms with Crippen molar-refractivity contribution in [2.45, 2.75) is 31.8 Å². The zero-order chi connectivity index (χ0) is 21.4. The molecule has 2 unspecified atom stereocenters. The Bertz CT molecular complexity index is 932. The molecule has 3 aromatic carbocycles. The average molecular weight is 423 g/mol. The van der Waals surface area contributed by atoms with Gasteiger partial charge in [0, 0.05) is 0 Å². The number of Topliss-reactive ketones (excluding diaryl/α,β-unsaturated/α-hetero) is 1. The van der Waals surface area contributed by atoms with Crippen LogP contribution in [0.15, 0.2) is 91.0 Å². The van der Waals surface area contributed by atoms with Crippen molar-refractivity contribution >= 4 is 13.4 Å². The van der Waals surface area contributed by atoms with Crippen molar-refractivity contribution in [3.63, 3.8) is 0 Å². The van der Waals surface area contributed by atoms with Gasteiger partial charge in [-0.3, -0.25) is 9.36 Å². The molecule has 2 atom stereocenters. The van der Waals surface area contributed by atoms with E-state index in [9.17, 15) is 9.36 Å². The fourth-order valence-electron chi connectivity index (χ4n) is 3.21. The summed E-state index contributed by atoms with van der Waals surface area (Å²) in [7, 11) is -3.91. The van der Waals surface area contributed by atoms with E-state index in [0.717, 1.165) is 11.1 Å². The number of carbonyl (C=O) groups is 1. The lowest BCUT2D eigenvalue weighted by molar-refractivity contribution is -0.117. The van der Waals surface area contributed by atoms with E-state index < -0.39 is 19.3 Å². The first-order chi connectivity index (χ1) is 14.5. The van der Waals surface area contributed by atoms with Gasteiger partial charge in [-0.1, -0.05) is 91.0 Å². The van der Waals surface area contributed by atoms with Crippen molar-refractivity contribution in [3.05, 3.63) is 108 Å². The number of ketones is 1. The lowest BCUT2D eigenvalue weighted by atomic mass is 10.0. The van der Waals surface area contributed by atoms with Gasteiger partial charge < -0.3 is 14.8 Å². The van der Waals surface area contributed by atoms with Crippen LogP contribution in [0.5, 0.6) is 0 Å². The highest BCUT2D eigenvalue weighted by Gasteiger charge is 2.44. The minimum atomic E-state index is -3.91. The molecule has 156 valence electrons. The summed E-state index contributed by atoms with van der Waals surface area (Å²) >= 11 is 0. The standard InChI is InChI=1S/C24H26NO4P/c1-19(26)24(23(25)22-15-9-4-10-16-22)30(27,28-17-20-11-5-2-6-12-20)29-18-21-13-7-3-8-14-21/h2-16,23-24H,17-18,25H2,1H3. The van der Waals surface area contributed by atoms with E-state index in [0.29, 0.717) is 5.56 Å². The second kappa shape index (κ2) is 10.5. The summed E-state index contributed by atoms with van der Waals surface area (Å²) < 4.78 is 25.6. The molecule has 6 heteroatoms. The number of hydrogen-bond donors (Lipinski definition) is 1. The van der Waals surface area contributed by atoms with Crippen LogP contribution in [0.1, 0.15) is 29.7 Å². The van der Waals surface area contributed by atoms with Crippen molar-refractivity contribution in [1.82, 2.24) is 0 Å². The average Bonchev–Trinajstić information content (AvgIpc) is 2.78. The largest absolute Gasteiger partial charge is 0.343 e. The Morgan fingerprint density at radius 1 is 0.800 bits per heavy atom. The normalized spacial score (nSPS) is 13.5. The van der Waals surface area contributed by atoms with Crippen LogP contribution in [0, 0.1) is 0 Å². The molecule has 5 nitrogen and oxygen atoms in total. The molecule has 2 N–H and O–H groups in total. The van der Waals surface area contributed by atoms with Crippen LogP contribution in [-0.4, -0.2) is 11.4 Å². The first kappa shape index (κ1) is 22.1. The third-order valence-corrected chi connectivity index (χ3v) is 7.13. The quantitative estimate of drug-likeness (QED) is 0.450. The molecule has 0 saturated heterocycles. The molecule has 0 amide bonds. The summed E-state index contributed by atoms with van der Waals surface area (Å²) in [6.45, 7) is 1.48. The monoisotopic (exact) mass is 423 g/mol. The van der Waals surface area contributed by atoms with Crippen molar-refractivity contribution in [2.75, 3.05) is 0 Å². The highest BCUT2D eigenvalue weighted by molar-refractivity contribution is 7.55. The molecule has 3 rings (SSSR count). The summed E-state index contributed by atoms with van der Waals surface area (Å²) in [4.78, 5) is 12.6. The van der Waals surface area contributed by atoms with Gasteiger partial charge >= 0.3 is 7.60 Å². The third-order valence-electron chi connectivity index (χ3n) is 4.79.